The standard InChI is InChI=1S/C15H23N3O2S/c1-19-8-9-20-7-3-2-6-16-11-13-12-17-18-15(13)14-5-4-10-21-14/h4-5,10,12,16H,2-3,6-9,11H2,1H3,(H,17,18). The van der Waals surface area contributed by atoms with Crippen molar-refractivity contribution in [2.24, 2.45) is 0 Å². The smallest absolute Gasteiger partial charge is 0.0794 e. The number of ether oxygens (including phenoxy) is 2. The molecule has 0 bridgehead atoms. The number of nitrogens with one attached hydrogen (secondary N) is 2. The lowest BCUT2D eigenvalue weighted by Gasteiger charge is -2.06. The molecule has 2 aromatic rings. The maximum Gasteiger partial charge on any atom is 0.0794 e. The fraction of sp³-hybridized carbons (Fsp3) is 0.533. The summed E-state index contributed by atoms with van der Waals surface area (Å²) in [6.45, 7) is 3.99. The molecule has 2 aromatic heterocycles. The van der Waals surface area contributed by atoms with Crippen LogP contribution in [0.4, 0.5) is 0 Å². The van der Waals surface area contributed by atoms with Gasteiger partial charge in [0, 0.05) is 25.8 Å². The summed E-state index contributed by atoms with van der Waals surface area (Å²) in [5.41, 5.74) is 2.34. The molecule has 6 heteroatoms. The average molecular weight is 309 g/mol. The summed E-state index contributed by atoms with van der Waals surface area (Å²) >= 11 is 1.73. The fourth-order valence-corrected chi connectivity index (χ4v) is 2.76. The van der Waals surface area contributed by atoms with Crippen LogP contribution in [-0.4, -0.2) is 43.7 Å². The van der Waals surface area contributed by atoms with Crippen molar-refractivity contribution in [2.75, 3.05) is 33.5 Å². The number of methoxy groups -OCH3 is 1. The van der Waals surface area contributed by atoms with Gasteiger partial charge >= 0.3 is 0 Å². The number of aromatic nitrogens is 2. The van der Waals surface area contributed by atoms with Crippen LogP contribution >= 0.6 is 11.3 Å². The predicted octanol–water partition coefficient (Wildman–Crippen LogP) is 2.67. The van der Waals surface area contributed by atoms with Crippen molar-refractivity contribution in [3.8, 4) is 10.6 Å². The zero-order valence-electron chi connectivity index (χ0n) is 12.4. The molecule has 0 aliphatic rings. The summed E-state index contributed by atoms with van der Waals surface area (Å²) in [6, 6.07) is 4.17. The topological polar surface area (TPSA) is 59.2 Å². The highest BCUT2D eigenvalue weighted by Gasteiger charge is 2.07. The molecule has 0 saturated heterocycles. The van der Waals surface area contributed by atoms with Crippen LogP contribution in [0.2, 0.25) is 0 Å². The average Bonchev–Trinajstić information content (AvgIpc) is 3.16. The van der Waals surface area contributed by atoms with Crippen LogP contribution in [0, 0.1) is 0 Å². The van der Waals surface area contributed by atoms with Crippen molar-refractivity contribution >= 4 is 11.3 Å². The Morgan fingerprint density at radius 1 is 1.29 bits per heavy atom. The Hall–Kier alpha value is -1.21. The van der Waals surface area contributed by atoms with Crippen LogP contribution in [0.3, 0.4) is 0 Å². The van der Waals surface area contributed by atoms with E-state index in [2.05, 4.69) is 33.0 Å². The third-order valence-electron chi connectivity index (χ3n) is 3.12. The second kappa shape index (κ2) is 9.68. The van der Waals surface area contributed by atoms with Crippen molar-refractivity contribution < 1.29 is 9.47 Å². The maximum atomic E-state index is 5.43. The number of aromatic amines is 1. The fourth-order valence-electron chi connectivity index (χ4n) is 2.00. The molecule has 0 aliphatic carbocycles. The van der Waals surface area contributed by atoms with Gasteiger partial charge in [0.2, 0.25) is 0 Å². The Labute approximate surface area is 129 Å². The van der Waals surface area contributed by atoms with E-state index in [-0.39, 0.29) is 0 Å². The number of rotatable bonds is 11. The highest BCUT2D eigenvalue weighted by atomic mass is 32.1. The third-order valence-corrected chi connectivity index (χ3v) is 4.01. The minimum absolute atomic E-state index is 0.671. The quantitative estimate of drug-likeness (QED) is 0.627. The van der Waals surface area contributed by atoms with Crippen LogP contribution in [-0.2, 0) is 16.0 Å². The zero-order valence-corrected chi connectivity index (χ0v) is 13.2. The molecule has 0 saturated carbocycles. The molecule has 0 fully saturated rings. The monoisotopic (exact) mass is 309 g/mol. The van der Waals surface area contributed by atoms with Gasteiger partial charge in [0.15, 0.2) is 0 Å². The Balaban J connectivity index is 1.58. The lowest BCUT2D eigenvalue weighted by molar-refractivity contribution is 0.0688. The minimum atomic E-state index is 0.671. The lowest BCUT2D eigenvalue weighted by Crippen LogP contribution is -2.15. The number of hydrogen-bond acceptors (Lipinski definition) is 5. The van der Waals surface area contributed by atoms with Gasteiger partial charge in [-0.3, -0.25) is 5.10 Å². The molecule has 21 heavy (non-hydrogen) atoms. The van der Waals surface area contributed by atoms with E-state index in [1.807, 2.05) is 6.20 Å². The van der Waals surface area contributed by atoms with Crippen molar-refractivity contribution in [3.63, 3.8) is 0 Å². The van der Waals surface area contributed by atoms with Crippen LogP contribution < -0.4 is 5.32 Å². The molecule has 0 radical (unpaired) electrons. The normalized spacial score (nSPS) is 11.1. The molecule has 0 amide bonds. The van der Waals surface area contributed by atoms with E-state index in [4.69, 9.17) is 9.47 Å². The Kier molecular flexibility index (Phi) is 7.45. The van der Waals surface area contributed by atoms with E-state index in [1.54, 1.807) is 18.4 Å². The summed E-state index contributed by atoms with van der Waals surface area (Å²) in [5.74, 6) is 0. The summed E-state index contributed by atoms with van der Waals surface area (Å²) < 4.78 is 10.4. The number of thiophene rings is 1. The largest absolute Gasteiger partial charge is 0.382 e. The van der Waals surface area contributed by atoms with Gasteiger partial charge in [-0.2, -0.15) is 5.10 Å². The highest BCUT2D eigenvalue weighted by Crippen LogP contribution is 2.25. The zero-order chi connectivity index (χ0) is 14.8. The van der Waals surface area contributed by atoms with Crippen molar-refractivity contribution in [3.05, 3.63) is 29.3 Å². The number of unbranched alkanes of at least 4 members (excludes halogenated alkanes) is 1. The Bertz CT molecular complexity index is 485. The predicted molar refractivity (Wildman–Crippen MR) is 85.5 cm³/mol. The summed E-state index contributed by atoms with van der Waals surface area (Å²) in [4.78, 5) is 1.23. The summed E-state index contributed by atoms with van der Waals surface area (Å²) in [5, 5.41) is 12.8. The van der Waals surface area contributed by atoms with Crippen LogP contribution in [0.1, 0.15) is 18.4 Å². The minimum Gasteiger partial charge on any atom is -0.382 e. The van der Waals surface area contributed by atoms with Crippen molar-refractivity contribution in [1.82, 2.24) is 15.5 Å². The van der Waals surface area contributed by atoms with Gasteiger partial charge in [-0.15, -0.1) is 11.3 Å². The molecule has 0 unspecified atom stereocenters. The van der Waals surface area contributed by atoms with Gasteiger partial charge in [0.25, 0.3) is 0 Å². The molecule has 0 aliphatic heterocycles. The van der Waals surface area contributed by atoms with E-state index in [1.165, 1.54) is 10.4 Å². The lowest BCUT2D eigenvalue weighted by atomic mass is 10.2. The maximum absolute atomic E-state index is 5.43. The molecule has 2 rings (SSSR count). The van der Waals surface area contributed by atoms with Crippen molar-refractivity contribution in [2.45, 2.75) is 19.4 Å². The first-order valence-electron chi connectivity index (χ1n) is 7.25. The van der Waals surface area contributed by atoms with Gasteiger partial charge in [0.05, 0.1) is 30.0 Å². The van der Waals surface area contributed by atoms with Gasteiger partial charge < -0.3 is 14.8 Å². The number of hydrogen-bond donors (Lipinski definition) is 2. The molecule has 0 aromatic carbocycles. The second-order valence-corrected chi connectivity index (χ2v) is 5.68. The molecule has 0 atom stereocenters. The van der Waals surface area contributed by atoms with E-state index >= 15 is 0 Å². The second-order valence-electron chi connectivity index (χ2n) is 4.74. The first-order valence-corrected chi connectivity index (χ1v) is 8.13. The van der Waals surface area contributed by atoms with Crippen molar-refractivity contribution in [1.29, 1.82) is 0 Å². The van der Waals surface area contributed by atoms with Gasteiger partial charge in [-0.05, 0) is 30.8 Å². The van der Waals surface area contributed by atoms with E-state index in [0.29, 0.717) is 13.2 Å². The van der Waals surface area contributed by atoms with E-state index in [9.17, 15) is 0 Å². The molecule has 2 N–H and O–H groups in total. The van der Waals surface area contributed by atoms with Gasteiger partial charge in [-0.1, -0.05) is 6.07 Å². The third kappa shape index (κ3) is 5.59. The molecule has 0 spiro atoms. The van der Waals surface area contributed by atoms with Crippen LogP contribution in [0.5, 0.6) is 0 Å². The molecule has 2 heterocycles. The first-order chi connectivity index (χ1) is 10.4. The Morgan fingerprint density at radius 2 is 2.24 bits per heavy atom. The van der Waals surface area contributed by atoms with Crippen LogP contribution in [0.25, 0.3) is 10.6 Å². The molecule has 5 nitrogen and oxygen atoms in total. The van der Waals surface area contributed by atoms with E-state index < -0.39 is 0 Å². The molecular formula is C15H23N3O2S. The summed E-state index contributed by atoms with van der Waals surface area (Å²) in [6.07, 6.45) is 4.08. The van der Waals surface area contributed by atoms with Gasteiger partial charge in [-0.25, -0.2) is 0 Å². The first kappa shape index (κ1) is 16.2. The summed E-state index contributed by atoms with van der Waals surface area (Å²) in [7, 11) is 1.69. The SMILES string of the molecule is COCCOCCCCNCc1cn[nH]c1-c1cccs1. The Morgan fingerprint density at radius 3 is 3.05 bits per heavy atom. The van der Waals surface area contributed by atoms with Crippen LogP contribution in [0.15, 0.2) is 23.7 Å². The van der Waals surface area contributed by atoms with Gasteiger partial charge in [0.1, 0.15) is 0 Å². The number of nitrogens with zero attached hydrogens (tertiary/aromatic N) is 1. The highest BCUT2D eigenvalue weighted by molar-refractivity contribution is 7.13. The molecule has 116 valence electrons. The van der Waals surface area contributed by atoms with E-state index in [0.717, 1.165) is 38.2 Å². The molecular weight excluding hydrogens is 286 g/mol. The number of H-pyrrole nitrogens is 1.